The van der Waals surface area contributed by atoms with Crippen molar-refractivity contribution in [1.29, 1.82) is 0 Å². The van der Waals surface area contributed by atoms with E-state index in [1.54, 1.807) is 20.8 Å². The van der Waals surface area contributed by atoms with E-state index in [9.17, 15) is 18.0 Å². The second kappa shape index (κ2) is 6.82. The van der Waals surface area contributed by atoms with Crippen molar-refractivity contribution in [2.75, 3.05) is 4.90 Å². The second-order valence-corrected chi connectivity index (χ2v) is 9.12. The van der Waals surface area contributed by atoms with Crippen LogP contribution < -0.4 is 4.90 Å². The molecule has 0 aromatic carbocycles. The molecule has 3 aromatic heterocycles. The average Bonchev–Trinajstić information content (AvgIpc) is 3.19. The number of ether oxygens (including phenoxy) is 1. The topological polar surface area (TPSA) is 42.4 Å². The number of aromatic nitrogens is 1. The molecule has 3 aromatic rings. The van der Waals surface area contributed by atoms with Gasteiger partial charge in [0.05, 0.1) is 16.8 Å². The number of hydrogen-bond donors (Lipinski definition) is 0. The summed E-state index contributed by atoms with van der Waals surface area (Å²) in [5, 5.41) is 3.27. The molecular weight excluding hydrogens is 405 g/mol. The molecule has 1 amide bonds. The Morgan fingerprint density at radius 1 is 1.27 bits per heavy atom. The van der Waals surface area contributed by atoms with Crippen LogP contribution in [0.2, 0.25) is 0 Å². The first kappa shape index (κ1) is 19.1. The molecule has 0 saturated carbocycles. The number of halogens is 3. The summed E-state index contributed by atoms with van der Waals surface area (Å²) in [5.74, 6) is 0. The van der Waals surface area contributed by atoms with Crippen LogP contribution in [0.3, 0.4) is 0 Å². The Morgan fingerprint density at radius 3 is 2.58 bits per heavy atom. The highest BCUT2D eigenvalue weighted by atomic mass is 32.1. The highest BCUT2D eigenvalue weighted by molar-refractivity contribution is 7.23. The van der Waals surface area contributed by atoms with E-state index in [0.29, 0.717) is 9.70 Å². The molecule has 0 saturated heterocycles. The molecule has 3 heterocycles. The van der Waals surface area contributed by atoms with Crippen LogP contribution in [0.25, 0.3) is 10.2 Å². The normalized spacial score (nSPS) is 12.5. The van der Waals surface area contributed by atoms with Crippen molar-refractivity contribution in [1.82, 2.24) is 4.37 Å². The summed E-state index contributed by atoms with van der Waals surface area (Å²) in [7, 11) is 0. The number of carbonyl (C=O) groups excluding carboxylic acids is 1. The second-order valence-electron chi connectivity index (χ2n) is 6.46. The Hall–Kier alpha value is -1.65. The quantitative estimate of drug-likeness (QED) is 0.494. The first-order chi connectivity index (χ1) is 12.1. The SMILES string of the molecule is CC(C)(C)OC(=O)N(Cc1cccs1)c1snc2c(C(F)(F)F)csc12. The summed E-state index contributed by atoms with van der Waals surface area (Å²) in [6, 6.07) is 3.71. The largest absolute Gasteiger partial charge is 0.443 e. The highest BCUT2D eigenvalue weighted by Gasteiger charge is 2.37. The fraction of sp³-hybridized carbons (Fsp3) is 0.375. The minimum Gasteiger partial charge on any atom is -0.443 e. The lowest BCUT2D eigenvalue weighted by molar-refractivity contribution is -0.136. The van der Waals surface area contributed by atoms with Crippen LogP contribution in [-0.4, -0.2) is 16.1 Å². The zero-order valence-corrected chi connectivity index (χ0v) is 16.5. The maximum Gasteiger partial charge on any atom is 0.419 e. The van der Waals surface area contributed by atoms with E-state index in [1.165, 1.54) is 16.2 Å². The number of thiophene rings is 2. The van der Waals surface area contributed by atoms with Crippen molar-refractivity contribution < 1.29 is 22.7 Å². The molecule has 0 aliphatic carbocycles. The van der Waals surface area contributed by atoms with Crippen molar-refractivity contribution in [3.05, 3.63) is 33.3 Å². The fourth-order valence-electron chi connectivity index (χ4n) is 2.19. The molecule has 0 fully saturated rings. The maximum atomic E-state index is 13.1. The third-order valence-electron chi connectivity index (χ3n) is 3.24. The maximum absolute atomic E-state index is 13.1. The number of alkyl halides is 3. The van der Waals surface area contributed by atoms with Gasteiger partial charge in [-0.3, -0.25) is 4.90 Å². The first-order valence-corrected chi connectivity index (χ1v) is 10.1. The van der Waals surface area contributed by atoms with E-state index in [1.807, 2.05) is 17.5 Å². The molecule has 0 spiro atoms. The molecule has 0 aliphatic heterocycles. The van der Waals surface area contributed by atoms with E-state index in [0.717, 1.165) is 33.1 Å². The first-order valence-electron chi connectivity index (χ1n) is 7.53. The van der Waals surface area contributed by atoms with Gasteiger partial charge in [0.25, 0.3) is 0 Å². The van der Waals surface area contributed by atoms with Crippen LogP contribution in [0.5, 0.6) is 0 Å². The Labute approximate surface area is 160 Å². The minimum absolute atomic E-state index is 0.123. The molecule has 10 heteroatoms. The predicted molar refractivity (Wildman–Crippen MR) is 99.2 cm³/mol. The van der Waals surface area contributed by atoms with E-state index >= 15 is 0 Å². The van der Waals surface area contributed by atoms with Crippen LogP contribution in [0.4, 0.5) is 23.0 Å². The summed E-state index contributed by atoms with van der Waals surface area (Å²) in [6.07, 6.45) is -5.09. The highest BCUT2D eigenvalue weighted by Crippen LogP contribution is 2.44. The van der Waals surface area contributed by atoms with Gasteiger partial charge in [-0.15, -0.1) is 22.7 Å². The summed E-state index contributed by atoms with van der Waals surface area (Å²) in [6.45, 7) is 5.43. The summed E-state index contributed by atoms with van der Waals surface area (Å²) >= 11 is 3.26. The molecule has 0 aliphatic rings. The van der Waals surface area contributed by atoms with Crippen LogP contribution in [0.15, 0.2) is 22.9 Å². The number of anilines is 1. The van der Waals surface area contributed by atoms with Crippen molar-refractivity contribution in [2.45, 2.75) is 39.1 Å². The number of amides is 1. The molecule has 0 bridgehead atoms. The van der Waals surface area contributed by atoms with Gasteiger partial charge >= 0.3 is 12.3 Å². The van der Waals surface area contributed by atoms with Crippen molar-refractivity contribution in [2.24, 2.45) is 0 Å². The Balaban J connectivity index is 2.03. The molecule has 0 unspecified atom stereocenters. The van der Waals surface area contributed by atoms with Gasteiger partial charge in [-0.25, -0.2) is 4.79 Å². The predicted octanol–water partition coefficient (Wildman–Crippen LogP) is 6.38. The number of fused-ring (bicyclic) bond motifs is 1. The number of nitrogens with zero attached hydrogens (tertiary/aromatic N) is 2. The zero-order valence-electron chi connectivity index (χ0n) is 14.1. The van der Waals surface area contributed by atoms with Crippen LogP contribution >= 0.6 is 34.2 Å². The number of rotatable bonds is 3. The molecule has 0 N–H and O–H groups in total. The average molecular weight is 421 g/mol. The summed E-state index contributed by atoms with van der Waals surface area (Å²) < 4.78 is 49.1. The van der Waals surface area contributed by atoms with E-state index in [4.69, 9.17) is 4.74 Å². The van der Waals surface area contributed by atoms with E-state index in [-0.39, 0.29) is 12.1 Å². The number of hydrogen-bond acceptors (Lipinski definition) is 6. The molecule has 0 radical (unpaired) electrons. The summed E-state index contributed by atoms with van der Waals surface area (Å²) in [5.41, 5.74) is -1.62. The molecular formula is C16H15F3N2O2S3. The van der Waals surface area contributed by atoms with Crippen LogP contribution in [-0.2, 0) is 17.5 Å². The standard InChI is InChI=1S/C16H15F3N2O2S3/c1-15(2,3)23-14(22)21(7-9-5-4-6-24-9)13-12-11(20-26-13)10(8-25-12)16(17,18)19/h4-6,8H,7H2,1-3H3. The van der Waals surface area contributed by atoms with Crippen molar-refractivity contribution in [3.8, 4) is 0 Å². The van der Waals surface area contributed by atoms with Crippen molar-refractivity contribution >= 4 is 55.5 Å². The molecule has 0 atom stereocenters. The van der Waals surface area contributed by atoms with Gasteiger partial charge in [0.15, 0.2) is 0 Å². The summed E-state index contributed by atoms with van der Waals surface area (Å²) in [4.78, 5) is 14.9. The Morgan fingerprint density at radius 2 is 2.00 bits per heavy atom. The lowest BCUT2D eigenvalue weighted by atomic mass is 10.2. The van der Waals surface area contributed by atoms with Gasteiger partial charge in [0, 0.05) is 10.3 Å². The van der Waals surface area contributed by atoms with E-state index < -0.39 is 23.4 Å². The van der Waals surface area contributed by atoms with Gasteiger partial charge in [0.1, 0.15) is 16.1 Å². The Kier molecular flexibility index (Phi) is 5.02. The number of carbonyl (C=O) groups is 1. The molecule has 3 rings (SSSR count). The third-order valence-corrected chi connectivity index (χ3v) is 6.08. The minimum atomic E-state index is -4.48. The molecule has 26 heavy (non-hydrogen) atoms. The molecule has 4 nitrogen and oxygen atoms in total. The van der Waals surface area contributed by atoms with Crippen molar-refractivity contribution in [3.63, 3.8) is 0 Å². The monoisotopic (exact) mass is 420 g/mol. The third kappa shape index (κ3) is 4.02. The van der Waals surface area contributed by atoms with Crippen LogP contribution in [0, 0.1) is 0 Å². The fourth-order valence-corrected chi connectivity index (χ4v) is 4.94. The van der Waals surface area contributed by atoms with Gasteiger partial charge in [-0.05, 0) is 43.8 Å². The zero-order chi connectivity index (χ0) is 19.1. The van der Waals surface area contributed by atoms with E-state index in [2.05, 4.69) is 4.37 Å². The lowest BCUT2D eigenvalue weighted by Gasteiger charge is -2.26. The van der Waals surface area contributed by atoms with Gasteiger partial charge in [0.2, 0.25) is 0 Å². The smallest absolute Gasteiger partial charge is 0.419 e. The van der Waals surface area contributed by atoms with Gasteiger partial charge in [-0.2, -0.15) is 17.5 Å². The van der Waals surface area contributed by atoms with Gasteiger partial charge < -0.3 is 4.74 Å². The Bertz CT molecular complexity index is 908. The van der Waals surface area contributed by atoms with Crippen LogP contribution in [0.1, 0.15) is 31.2 Å². The van der Waals surface area contributed by atoms with Gasteiger partial charge in [-0.1, -0.05) is 6.07 Å². The lowest BCUT2D eigenvalue weighted by Crippen LogP contribution is -2.36. The molecule has 140 valence electrons.